The summed E-state index contributed by atoms with van der Waals surface area (Å²) in [5.41, 5.74) is 0.695. The number of fused-ring (bicyclic) bond motifs is 1. The van der Waals surface area contributed by atoms with E-state index in [0.717, 1.165) is 5.00 Å². The van der Waals surface area contributed by atoms with Crippen LogP contribution in [0.25, 0.3) is 0 Å². The lowest BCUT2D eigenvalue weighted by atomic mass is 10.3. The molecule has 1 saturated carbocycles. The third kappa shape index (κ3) is 1.02. The summed E-state index contributed by atoms with van der Waals surface area (Å²) in [5, 5.41) is 6.45. The molecule has 1 aliphatic heterocycles. The molecule has 1 unspecified atom stereocenters. The molecular weight excluding hydrogens is 186 g/mol. The summed E-state index contributed by atoms with van der Waals surface area (Å²) in [6, 6.07) is 2.04. The maximum atomic E-state index is 11.1. The molecule has 1 aromatic rings. The first-order chi connectivity index (χ1) is 6.30. The van der Waals surface area contributed by atoms with Crippen LogP contribution in [0.2, 0.25) is 0 Å². The molecule has 1 aromatic heterocycles. The van der Waals surface area contributed by atoms with Gasteiger partial charge in [0.25, 0.3) is 0 Å². The molecule has 1 aliphatic carbocycles. The average Bonchev–Trinajstić information content (AvgIpc) is 2.62. The van der Waals surface area contributed by atoms with E-state index in [1.54, 1.807) is 11.3 Å². The van der Waals surface area contributed by atoms with Crippen LogP contribution in [-0.2, 0) is 16.1 Å². The van der Waals surface area contributed by atoms with Crippen molar-refractivity contribution in [2.24, 2.45) is 0 Å². The summed E-state index contributed by atoms with van der Waals surface area (Å²) in [4.78, 5) is 11.1. The summed E-state index contributed by atoms with van der Waals surface area (Å²) < 4.78 is 5.59. The van der Waals surface area contributed by atoms with Gasteiger partial charge in [0, 0.05) is 12.0 Å². The Kier molecular flexibility index (Phi) is 1.35. The van der Waals surface area contributed by atoms with Crippen molar-refractivity contribution >= 4 is 22.1 Å². The highest BCUT2D eigenvalue weighted by atomic mass is 32.1. The van der Waals surface area contributed by atoms with Gasteiger partial charge in [-0.3, -0.25) is 4.79 Å². The number of rotatable bonds is 0. The Bertz CT molecular complexity index is 349. The van der Waals surface area contributed by atoms with E-state index in [1.165, 1.54) is 5.56 Å². The van der Waals surface area contributed by atoms with E-state index in [0.29, 0.717) is 19.6 Å². The first-order valence-corrected chi connectivity index (χ1v) is 5.16. The highest BCUT2D eigenvalue weighted by Crippen LogP contribution is 2.40. The zero-order valence-corrected chi connectivity index (χ0v) is 7.82. The number of nitrogens with one attached hydrogen (secondary N) is 1. The van der Waals surface area contributed by atoms with Crippen LogP contribution in [0.4, 0.5) is 5.00 Å². The van der Waals surface area contributed by atoms with Crippen LogP contribution in [0.15, 0.2) is 11.4 Å². The van der Waals surface area contributed by atoms with Crippen molar-refractivity contribution in [1.29, 1.82) is 0 Å². The van der Waals surface area contributed by atoms with E-state index < -0.39 is 5.60 Å². The number of hydrogen-bond donors (Lipinski definition) is 1. The zero-order chi connectivity index (χ0) is 8.89. The third-order valence-electron chi connectivity index (χ3n) is 2.61. The van der Waals surface area contributed by atoms with Crippen molar-refractivity contribution in [3.63, 3.8) is 0 Å². The van der Waals surface area contributed by atoms with E-state index in [2.05, 4.69) is 5.32 Å². The first-order valence-electron chi connectivity index (χ1n) is 4.28. The van der Waals surface area contributed by atoms with Crippen LogP contribution in [0.1, 0.15) is 12.0 Å². The number of ether oxygens (including phenoxy) is 1. The molecular formula is C9H9NO2S. The van der Waals surface area contributed by atoms with E-state index in [1.807, 2.05) is 11.4 Å². The van der Waals surface area contributed by atoms with Crippen molar-refractivity contribution in [3.05, 3.63) is 17.0 Å². The normalized spacial score (nSPS) is 30.9. The predicted octanol–water partition coefficient (Wildman–Crippen LogP) is 1.40. The molecule has 1 N–H and O–H groups in total. The zero-order valence-electron chi connectivity index (χ0n) is 7.00. The fourth-order valence-electron chi connectivity index (χ4n) is 1.60. The first kappa shape index (κ1) is 7.53. The summed E-state index contributed by atoms with van der Waals surface area (Å²) in [7, 11) is 0. The van der Waals surface area contributed by atoms with Gasteiger partial charge in [-0.2, -0.15) is 0 Å². The quantitative estimate of drug-likeness (QED) is 0.680. The molecule has 2 heterocycles. The van der Waals surface area contributed by atoms with Crippen molar-refractivity contribution in [3.8, 4) is 0 Å². The number of carbonyl (C=O) groups excluding carboxylic acids is 1. The molecule has 0 bridgehead atoms. The largest absolute Gasteiger partial charge is 0.373 e. The fourth-order valence-corrected chi connectivity index (χ4v) is 2.40. The lowest BCUT2D eigenvalue weighted by Crippen LogP contribution is -2.25. The molecule has 3 rings (SSSR count). The van der Waals surface area contributed by atoms with E-state index >= 15 is 0 Å². The van der Waals surface area contributed by atoms with Gasteiger partial charge in [-0.1, -0.05) is 0 Å². The van der Waals surface area contributed by atoms with Crippen molar-refractivity contribution < 1.29 is 9.53 Å². The molecule has 1 spiro atoms. The minimum absolute atomic E-state index is 0.232. The SMILES string of the molecule is O=C1CC12CNc1sccc1CO2. The van der Waals surface area contributed by atoms with Crippen molar-refractivity contribution in [1.82, 2.24) is 0 Å². The van der Waals surface area contributed by atoms with Crippen molar-refractivity contribution in [2.75, 3.05) is 11.9 Å². The molecule has 13 heavy (non-hydrogen) atoms. The highest BCUT2D eigenvalue weighted by molar-refractivity contribution is 7.14. The number of carbonyl (C=O) groups is 1. The van der Waals surface area contributed by atoms with Gasteiger partial charge in [-0.25, -0.2) is 0 Å². The predicted molar refractivity (Wildman–Crippen MR) is 50.0 cm³/mol. The summed E-state index contributed by atoms with van der Waals surface area (Å²) in [5.74, 6) is 0.232. The molecule has 1 fully saturated rings. The van der Waals surface area contributed by atoms with Crippen molar-refractivity contribution in [2.45, 2.75) is 18.6 Å². The Morgan fingerprint density at radius 2 is 2.46 bits per heavy atom. The Balaban J connectivity index is 1.89. The maximum absolute atomic E-state index is 11.1. The smallest absolute Gasteiger partial charge is 0.170 e. The molecule has 0 amide bonds. The number of hydrogen-bond acceptors (Lipinski definition) is 4. The molecule has 0 radical (unpaired) electrons. The standard InChI is InChI=1S/C9H9NO2S/c11-7-3-9(7)5-10-8-6(4-12-9)1-2-13-8/h1-2,10H,3-5H2. The fraction of sp³-hybridized carbons (Fsp3) is 0.444. The van der Waals surface area contributed by atoms with Crippen LogP contribution in [0.3, 0.4) is 0 Å². The van der Waals surface area contributed by atoms with Gasteiger partial charge in [0.2, 0.25) is 0 Å². The summed E-state index contributed by atoms with van der Waals surface area (Å²) >= 11 is 1.67. The van der Waals surface area contributed by atoms with Gasteiger partial charge in [0.15, 0.2) is 11.4 Å². The average molecular weight is 195 g/mol. The Morgan fingerprint density at radius 3 is 3.23 bits per heavy atom. The third-order valence-corrected chi connectivity index (χ3v) is 3.53. The van der Waals surface area contributed by atoms with Gasteiger partial charge < -0.3 is 10.1 Å². The van der Waals surface area contributed by atoms with Gasteiger partial charge in [0.05, 0.1) is 18.2 Å². The second-order valence-corrected chi connectivity index (χ2v) is 4.43. The second kappa shape index (κ2) is 2.33. The van der Waals surface area contributed by atoms with Gasteiger partial charge in [-0.05, 0) is 11.4 Å². The van der Waals surface area contributed by atoms with Crippen LogP contribution in [-0.4, -0.2) is 17.9 Å². The van der Waals surface area contributed by atoms with E-state index in [-0.39, 0.29) is 5.78 Å². The molecule has 68 valence electrons. The van der Waals surface area contributed by atoms with Crippen LogP contribution in [0.5, 0.6) is 0 Å². The van der Waals surface area contributed by atoms with E-state index in [9.17, 15) is 4.79 Å². The number of thiophene rings is 1. The molecule has 0 saturated heterocycles. The number of Topliss-reactive ketones (excluding diaryl/α,β-unsaturated/α-hetero) is 1. The molecule has 3 nitrogen and oxygen atoms in total. The summed E-state index contributed by atoms with van der Waals surface area (Å²) in [6.07, 6.45) is 0.578. The Labute approximate surface area is 79.7 Å². The highest BCUT2D eigenvalue weighted by Gasteiger charge is 2.56. The van der Waals surface area contributed by atoms with Crippen LogP contribution >= 0.6 is 11.3 Å². The number of ketones is 1. The minimum Gasteiger partial charge on any atom is -0.373 e. The molecule has 4 heteroatoms. The molecule has 0 aromatic carbocycles. The summed E-state index contributed by atoms with van der Waals surface area (Å²) in [6.45, 7) is 1.21. The molecule has 2 aliphatic rings. The number of anilines is 1. The van der Waals surface area contributed by atoms with Gasteiger partial charge in [-0.15, -0.1) is 11.3 Å². The lowest BCUT2D eigenvalue weighted by Gasteiger charge is -2.09. The van der Waals surface area contributed by atoms with Crippen LogP contribution < -0.4 is 5.32 Å². The Morgan fingerprint density at radius 1 is 1.62 bits per heavy atom. The second-order valence-electron chi connectivity index (χ2n) is 3.51. The maximum Gasteiger partial charge on any atom is 0.170 e. The monoisotopic (exact) mass is 195 g/mol. The molecule has 1 atom stereocenters. The van der Waals surface area contributed by atoms with Crippen LogP contribution in [0, 0.1) is 0 Å². The Hall–Kier alpha value is -0.870. The topological polar surface area (TPSA) is 38.3 Å². The van der Waals surface area contributed by atoms with Gasteiger partial charge in [0.1, 0.15) is 0 Å². The van der Waals surface area contributed by atoms with Gasteiger partial charge >= 0.3 is 0 Å². The minimum atomic E-state index is -0.473. The lowest BCUT2D eigenvalue weighted by molar-refractivity contribution is -0.118. The van der Waals surface area contributed by atoms with E-state index in [4.69, 9.17) is 4.74 Å².